The summed E-state index contributed by atoms with van der Waals surface area (Å²) in [5.41, 5.74) is 0.450. The van der Waals surface area contributed by atoms with Gasteiger partial charge in [-0.3, -0.25) is 9.89 Å². The zero-order valence-electron chi connectivity index (χ0n) is 7.32. The SMILES string of the molecule is Cc1csc(N2C(Cl)=CC=NC2Cl)n1. The molecular weight excluding hydrogens is 241 g/mol. The first-order chi connectivity index (χ1) is 6.68. The number of aliphatic imine (C=N–C) groups is 1. The highest BCUT2D eigenvalue weighted by Gasteiger charge is 2.22. The summed E-state index contributed by atoms with van der Waals surface area (Å²) in [5.74, 6) is 0. The van der Waals surface area contributed by atoms with E-state index in [9.17, 15) is 0 Å². The number of aryl methyl sites for hydroxylation is 1. The second kappa shape index (κ2) is 3.88. The molecule has 0 radical (unpaired) electrons. The Labute approximate surface area is 95.7 Å². The second-order valence-electron chi connectivity index (χ2n) is 2.74. The molecule has 1 aromatic rings. The molecule has 6 heteroatoms. The molecular formula is C8H7Cl2N3S. The fourth-order valence-corrected chi connectivity index (χ4v) is 2.55. The van der Waals surface area contributed by atoms with Crippen LogP contribution in [0.25, 0.3) is 0 Å². The van der Waals surface area contributed by atoms with E-state index in [1.54, 1.807) is 17.2 Å². The van der Waals surface area contributed by atoms with Gasteiger partial charge in [0.15, 0.2) is 5.13 Å². The second-order valence-corrected chi connectivity index (χ2v) is 4.35. The zero-order valence-corrected chi connectivity index (χ0v) is 9.64. The summed E-state index contributed by atoms with van der Waals surface area (Å²) in [4.78, 5) is 10.00. The van der Waals surface area contributed by atoms with Gasteiger partial charge in [0.25, 0.3) is 0 Å². The summed E-state index contributed by atoms with van der Waals surface area (Å²) in [6, 6.07) is 0. The maximum absolute atomic E-state index is 6.00. The highest BCUT2D eigenvalue weighted by atomic mass is 35.5. The van der Waals surface area contributed by atoms with Gasteiger partial charge in [0.05, 0.1) is 5.69 Å². The summed E-state index contributed by atoms with van der Waals surface area (Å²) >= 11 is 13.5. The van der Waals surface area contributed by atoms with Crippen LogP contribution in [0.2, 0.25) is 0 Å². The lowest BCUT2D eigenvalue weighted by atomic mass is 10.5. The van der Waals surface area contributed by atoms with Gasteiger partial charge in [0, 0.05) is 11.6 Å². The molecule has 0 N–H and O–H groups in total. The van der Waals surface area contributed by atoms with Crippen molar-refractivity contribution in [1.82, 2.24) is 4.98 Å². The molecule has 14 heavy (non-hydrogen) atoms. The number of hydrogen-bond acceptors (Lipinski definition) is 4. The molecule has 1 unspecified atom stereocenters. The maximum atomic E-state index is 6.00. The van der Waals surface area contributed by atoms with Crippen LogP contribution < -0.4 is 4.90 Å². The minimum Gasteiger partial charge on any atom is -0.271 e. The molecule has 0 saturated heterocycles. The van der Waals surface area contributed by atoms with Crippen LogP contribution in [0.5, 0.6) is 0 Å². The molecule has 1 aliphatic rings. The quantitative estimate of drug-likeness (QED) is 0.564. The van der Waals surface area contributed by atoms with Gasteiger partial charge < -0.3 is 0 Å². The van der Waals surface area contributed by atoms with Crippen LogP contribution in [0.4, 0.5) is 5.13 Å². The third-order valence-electron chi connectivity index (χ3n) is 1.68. The Kier molecular flexibility index (Phi) is 2.76. The van der Waals surface area contributed by atoms with Gasteiger partial charge in [-0.2, -0.15) is 0 Å². The van der Waals surface area contributed by atoms with Crippen molar-refractivity contribution >= 4 is 45.9 Å². The van der Waals surface area contributed by atoms with Crippen molar-refractivity contribution in [3.8, 4) is 0 Å². The molecule has 1 aliphatic heterocycles. The Morgan fingerprint density at radius 2 is 2.36 bits per heavy atom. The molecule has 2 heterocycles. The average Bonchev–Trinajstić information content (AvgIpc) is 2.51. The lowest BCUT2D eigenvalue weighted by Crippen LogP contribution is -2.29. The van der Waals surface area contributed by atoms with E-state index < -0.39 is 5.62 Å². The Bertz CT molecular complexity index is 399. The minimum absolute atomic E-state index is 0.502. The topological polar surface area (TPSA) is 28.5 Å². The molecule has 1 aromatic heterocycles. The highest BCUT2D eigenvalue weighted by Crippen LogP contribution is 2.30. The van der Waals surface area contributed by atoms with Crippen molar-refractivity contribution < 1.29 is 0 Å². The third kappa shape index (κ3) is 1.78. The van der Waals surface area contributed by atoms with E-state index in [-0.39, 0.29) is 0 Å². The summed E-state index contributed by atoms with van der Waals surface area (Å²) in [5, 5.41) is 3.25. The molecule has 74 valence electrons. The van der Waals surface area contributed by atoms with Crippen LogP contribution in [0.15, 0.2) is 21.6 Å². The molecule has 0 bridgehead atoms. The van der Waals surface area contributed by atoms with Crippen LogP contribution in [-0.2, 0) is 0 Å². The van der Waals surface area contributed by atoms with Crippen LogP contribution >= 0.6 is 34.5 Å². The van der Waals surface area contributed by atoms with Gasteiger partial charge in [0.2, 0.25) is 5.62 Å². The molecule has 0 fully saturated rings. The monoisotopic (exact) mass is 247 g/mol. The van der Waals surface area contributed by atoms with Crippen molar-refractivity contribution in [2.45, 2.75) is 12.5 Å². The number of allylic oxidation sites excluding steroid dienone is 1. The van der Waals surface area contributed by atoms with Crippen molar-refractivity contribution in [3.05, 3.63) is 22.3 Å². The highest BCUT2D eigenvalue weighted by molar-refractivity contribution is 7.13. The van der Waals surface area contributed by atoms with Gasteiger partial charge >= 0.3 is 0 Å². The van der Waals surface area contributed by atoms with Gasteiger partial charge in [0.1, 0.15) is 5.16 Å². The van der Waals surface area contributed by atoms with E-state index in [0.717, 1.165) is 10.8 Å². The summed E-state index contributed by atoms with van der Waals surface area (Å²) < 4.78 is 0. The number of nitrogens with zero attached hydrogens (tertiary/aromatic N) is 3. The van der Waals surface area contributed by atoms with Crippen molar-refractivity contribution in [2.24, 2.45) is 4.99 Å². The maximum Gasteiger partial charge on any atom is 0.204 e. The molecule has 2 rings (SSSR count). The van der Waals surface area contributed by atoms with Gasteiger partial charge in [-0.05, 0) is 13.0 Å². The molecule has 0 saturated carbocycles. The molecule has 0 aliphatic carbocycles. The predicted molar refractivity (Wildman–Crippen MR) is 61.4 cm³/mol. The van der Waals surface area contributed by atoms with E-state index in [1.807, 2.05) is 12.3 Å². The lowest BCUT2D eigenvalue weighted by molar-refractivity contribution is 0.873. The van der Waals surface area contributed by atoms with Gasteiger partial charge in [-0.25, -0.2) is 4.98 Å². The summed E-state index contributed by atoms with van der Waals surface area (Å²) in [6.45, 7) is 1.92. The van der Waals surface area contributed by atoms with Crippen molar-refractivity contribution in [3.63, 3.8) is 0 Å². The fourth-order valence-electron chi connectivity index (χ4n) is 1.06. The van der Waals surface area contributed by atoms with Crippen LogP contribution in [0.3, 0.4) is 0 Å². The van der Waals surface area contributed by atoms with E-state index in [1.165, 1.54) is 11.3 Å². The number of rotatable bonds is 1. The fraction of sp³-hybridized carbons (Fsp3) is 0.250. The molecule has 0 aromatic carbocycles. The first kappa shape index (κ1) is 9.96. The van der Waals surface area contributed by atoms with Gasteiger partial charge in [-0.15, -0.1) is 11.3 Å². The third-order valence-corrected chi connectivity index (χ3v) is 3.25. The number of thiazole rings is 1. The van der Waals surface area contributed by atoms with Gasteiger partial charge in [-0.1, -0.05) is 23.2 Å². The van der Waals surface area contributed by atoms with Crippen molar-refractivity contribution in [2.75, 3.05) is 4.90 Å². The molecule has 1 atom stereocenters. The molecule has 0 amide bonds. The Hall–Kier alpha value is -0.580. The van der Waals surface area contributed by atoms with Crippen LogP contribution in [0.1, 0.15) is 5.69 Å². The Morgan fingerprint density at radius 1 is 1.57 bits per heavy atom. The van der Waals surface area contributed by atoms with Crippen molar-refractivity contribution in [1.29, 1.82) is 0 Å². The Morgan fingerprint density at radius 3 is 2.93 bits per heavy atom. The number of hydrogen-bond donors (Lipinski definition) is 0. The normalized spacial score (nSPS) is 21.2. The van der Waals surface area contributed by atoms with E-state index in [2.05, 4.69) is 9.98 Å². The minimum atomic E-state index is -0.502. The zero-order chi connectivity index (χ0) is 10.1. The van der Waals surface area contributed by atoms with E-state index in [0.29, 0.717) is 5.16 Å². The average molecular weight is 248 g/mol. The number of halogens is 2. The van der Waals surface area contributed by atoms with Crippen LogP contribution in [0, 0.1) is 6.92 Å². The number of alkyl halides is 1. The Balaban J connectivity index is 2.34. The first-order valence-corrected chi connectivity index (χ1v) is 5.62. The standard InChI is InChI=1S/C8H7Cl2N3S/c1-5-4-14-8(12-5)13-6(9)2-3-11-7(13)10/h2-4,7H,1H3. The number of aromatic nitrogens is 1. The number of anilines is 1. The van der Waals surface area contributed by atoms with E-state index >= 15 is 0 Å². The molecule has 0 spiro atoms. The predicted octanol–water partition coefficient (Wildman–Crippen LogP) is 2.94. The summed E-state index contributed by atoms with van der Waals surface area (Å²) in [6.07, 6.45) is 3.29. The van der Waals surface area contributed by atoms with E-state index in [4.69, 9.17) is 23.2 Å². The molecule has 3 nitrogen and oxygen atoms in total. The van der Waals surface area contributed by atoms with Crippen LogP contribution in [-0.4, -0.2) is 16.8 Å². The largest absolute Gasteiger partial charge is 0.271 e. The smallest absolute Gasteiger partial charge is 0.204 e. The first-order valence-electron chi connectivity index (χ1n) is 3.93. The lowest BCUT2D eigenvalue weighted by Gasteiger charge is -2.25. The summed E-state index contributed by atoms with van der Waals surface area (Å²) in [7, 11) is 0.